The molecule has 1 aromatic rings. The van der Waals surface area contributed by atoms with E-state index in [9.17, 15) is 18.3 Å². The van der Waals surface area contributed by atoms with Crippen LogP contribution in [0.25, 0.3) is 0 Å². The molecule has 0 saturated carbocycles. The van der Waals surface area contributed by atoms with Crippen molar-refractivity contribution in [2.75, 3.05) is 26.0 Å². The molecule has 1 aromatic carbocycles. The topological polar surface area (TPSA) is 133 Å². The molecule has 28 heavy (non-hydrogen) atoms. The number of nitrogens with zero attached hydrogens (tertiary/aromatic N) is 3. The van der Waals surface area contributed by atoms with Gasteiger partial charge in [0.05, 0.1) is 23.6 Å². The molecule has 11 heteroatoms. The van der Waals surface area contributed by atoms with E-state index in [-0.39, 0.29) is 34.8 Å². The van der Waals surface area contributed by atoms with Crippen molar-refractivity contribution >= 4 is 33.5 Å². The Kier molecular flexibility index (Phi) is 5.27. The molecule has 2 heterocycles. The fourth-order valence-corrected chi connectivity index (χ4v) is 3.50. The van der Waals surface area contributed by atoms with E-state index in [2.05, 4.69) is 19.4 Å². The van der Waals surface area contributed by atoms with Crippen LogP contribution in [-0.2, 0) is 14.9 Å². The van der Waals surface area contributed by atoms with Crippen LogP contribution < -0.4 is 10.6 Å². The molecule has 10 nitrogen and oxygen atoms in total. The number of amides is 1. The van der Waals surface area contributed by atoms with Crippen LogP contribution in [0.5, 0.6) is 5.75 Å². The van der Waals surface area contributed by atoms with Gasteiger partial charge in [0.2, 0.25) is 0 Å². The molecular formula is C17H21N5O5S. The molecule has 1 amide bonds. The number of anilines is 1. The number of phenolic OH excluding ortho intramolecular Hbond substituents is 1. The third-order valence-electron chi connectivity index (χ3n) is 4.08. The molecule has 2 aliphatic heterocycles. The molecule has 150 valence electrons. The maximum absolute atomic E-state index is 12.2. The van der Waals surface area contributed by atoms with Crippen LogP contribution in [0.2, 0.25) is 0 Å². The predicted octanol–water partition coefficient (Wildman–Crippen LogP) is 0.844. The van der Waals surface area contributed by atoms with Gasteiger partial charge in [0.25, 0.3) is 5.91 Å². The minimum absolute atomic E-state index is 0.0110. The number of para-hydroxylation sites is 1. The number of amidine groups is 2. The maximum Gasteiger partial charge on any atom is 0.367 e. The van der Waals surface area contributed by atoms with Gasteiger partial charge in [-0.2, -0.15) is 8.42 Å². The fourth-order valence-electron chi connectivity index (χ4n) is 2.71. The van der Waals surface area contributed by atoms with Gasteiger partial charge in [-0.05, 0) is 25.1 Å². The molecule has 0 bridgehead atoms. The lowest BCUT2D eigenvalue weighted by Crippen LogP contribution is -2.38. The molecular weight excluding hydrogens is 386 g/mol. The summed E-state index contributed by atoms with van der Waals surface area (Å²) in [6, 6.07) is 4.53. The van der Waals surface area contributed by atoms with Gasteiger partial charge in [-0.15, -0.1) is 8.80 Å². The Morgan fingerprint density at radius 1 is 1.32 bits per heavy atom. The number of hydrogen-bond donors (Lipinski definition) is 3. The first-order chi connectivity index (χ1) is 13.2. The summed E-state index contributed by atoms with van der Waals surface area (Å²) in [6.45, 7) is 2.17. The van der Waals surface area contributed by atoms with E-state index in [1.165, 1.54) is 17.0 Å². The van der Waals surface area contributed by atoms with E-state index < -0.39 is 16.1 Å². The number of carbonyl (C=O) groups is 1. The van der Waals surface area contributed by atoms with Crippen molar-refractivity contribution in [2.45, 2.75) is 19.4 Å². The highest BCUT2D eigenvalue weighted by atomic mass is 32.2. The Morgan fingerprint density at radius 3 is 2.68 bits per heavy atom. The van der Waals surface area contributed by atoms with Gasteiger partial charge in [0, 0.05) is 20.5 Å². The molecule has 3 rings (SSSR count). The summed E-state index contributed by atoms with van der Waals surface area (Å²) < 4.78 is 36.3. The average molecular weight is 407 g/mol. The number of aromatic hydroxyl groups is 1. The molecule has 2 aliphatic rings. The van der Waals surface area contributed by atoms with Gasteiger partial charge in [-0.1, -0.05) is 6.07 Å². The minimum Gasteiger partial charge on any atom is -0.505 e. The zero-order valence-electron chi connectivity index (χ0n) is 15.6. The van der Waals surface area contributed by atoms with E-state index in [0.29, 0.717) is 13.0 Å². The largest absolute Gasteiger partial charge is 0.505 e. The molecule has 0 saturated heterocycles. The summed E-state index contributed by atoms with van der Waals surface area (Å²) in [7, 11) is -0.911. The smallest absolute Gasteiger partial charge is 0.367 e. The van der Waals surface area contributed by atoms with E-state index in [1.807, 2.05) is 13.0 Å². The third-order valence-corrected chi connectivity index (χ3v) is 4.91. The fraction of sp³-hybridized carbons (Fsp3) is 0.353. The second-order valence-corrected chi connectivity index (χ2v) is 7.79. The van der Waals surface area contributed by atoms with E-state index in [4.69, 9.17) is 4.74 Å². The molecule has 0 aliphatic carbocycles. The Balaban J connectivity index is 1.78. The Labute approximate surface area is 162 Å². The molecule has 0 radical (unpaired) electrons. The number of hydrogen-bond acceptors (Lipinski definition) is 7. The number of ether oxygens (including phenoxy) is 1. The van der Waals surface area contributed by atoms with Crippen molar-refractivity contribution in [2.24, 2.45) is 8.80 Å². The number of phenols is 1. The Bertz CT molecular complexity index is 997. The molecule has 1 unspecified atom stereocenters. The molecule has 0 fully saturated rings. The predicted molar refractivity (Wildman–Crippen MR) is 105 cm³/mol. The van der Waals surface area contributed by atoms with Crippen LogP contribution in [0.1, 0.15) is 23.7 Å². The second-order valence-electron chi connectivity index (χ2n) is 6.53. The highest BCUT2D eigenvalue weighted by Crippen LogP contribution is 2.29. The number of nitrogens with one attached hydrogen (secondary N) is 2. The van der Waals surface area contributed by atoms with Gasteiger partial charge in [-0.25, -0.2) is 0 Å². The van der Waals surface area contributed by atoms with Crippen LogP contribution in [-0.4, -0.2) is 62.7 Å². The maximum atomic E-state index is 12.2. The van der Waals surface area contributed by atoms with Crippen molar-refractivity contribution in [3.05, 3.63) is 35.6 Å². The lowest BCUT2D eigenvalue weighted by Gasteiger charge is -2.16. The number of rotatable bonds is 4. The lowest BCUT2D eigenvalue weighted by molar-refractivity contribution is 0.0824. The summed E-state index contributed by atoms with van der Waals surface area (Å²) >= 11 is 0. The normalized spacial score (nSPS) is 20.0. The molecule has 1 atom stereocenters. The molecule has 0 spiro atoms. The number of allylic oxidation sites excluding steroid dienone is 1. The zero-order chi connectivity index (χ0) is 20.5. The van der Waals surface area contributed by atoms with Crippen molar-refractivity contribution in [1.29, 1.82) is 0 Å². The summed E-state index contributed by atoms with van der Waals surface area (Å²) in [5, 5.41) is 16.1. The van der Waals surface area contributed by atoms with E-state index in [0.717, 1.165) is 5.76 Å². The van der Waals surface area contributed by atoms with E-state index in [1.54, 1.807) is 20.2 Å². The van der Waals surface area contributed by atoms with E-state index >= 15 is 0 Å². The first kappa shape index (κ1) is 19.7. The second kappa shape index (κ2) is 7.50. The van der Waals surface area contributed by atoms with Crippen molar-refractivity contribution in [3.8, 4) is 5.75 Å². The number of benzene rings is 1. The van der Waals surface area contributed by atoms with Gasteiger partial charge >= 0.3 is 10.2 Å². The Hall–Kier alpha value is -3.08. The first-order valence-corrected chi connectivity index (χ1v) is 9.89. The minimum atomic E-state index is -4.03. The van der Waals surface area contributed by atoms with Crippen molar-refractivity contribution < 1.29 is 23.1 Å². The summed E-state index contributed by atoms with van der Waals surface area (Å²) in [4.78, 5) is 13.5. The quantitative estimate of drug-likeness (QED) is 0.630. The first-order valence-electron chi connectivity index (χ1n) is 8.49. The third kappa shape index (κ3) is 4.25. The summed E-state index contributed by atoms with van der Waals surface area (Å²) in [5.74, 6) is 0.0401. The SMILES string of the molecule is CC1=CCC(CNC2=NS(=O)(=O)N=C2Nc2cccc(C(=O)N(C)C)c2O)O1. The lowest BCUT2D eigenvalue weighted by atomic mass is 10.1. The van der Waals surface area contributed by atoms with Gasteiger partial charge in [0.1, 0.15) is 6.10 Å². The highest BCUT2D eigenvalue weighted by molar-refractivity contribution is 7.89. The van der Waals surface area contributed by atoms with Crippen LogP contribution >= 0.6 is 0 Å². The molecule has 0 aromatic heterocycles. The zero-order valence-corrected chi connectivity index (χ0v) is 16.4. The monoisotopic (exact) mass is 407 g/mol. The van der Waals surface area contributed by atoms with Crippen molar-refractivity contribution in [3.63, 3.8) is 0 Å². The number of carbonyl (C=O) groups excluding carboxylic acids is 1. The highest BCUT2D eigenvalue weighted by Gasteiger charge is 2.27. The van der Waals surface area contributed by atoms with Crippen LogP contribution in [0, 0.1) is 0 Å². The summed E-state index contributed by atoms with van der Waals surface area (Å²) in [6.07, 6.45) is 2.51. The molecule has 3 N–H and O–H groups in total. The van der Waals surface area contributed by atoms with Crippen LogP contribution in [0.3, 0.4) is 0 Å². The summed E-state index contributed by atoms with van der Waals surface area (Å²) in [5.41, 5.74) is 0.205. The average Bonchev–Trinajstić information content (AvgIpc) is 3.16. The standard InChI is InChI=1S/C17H21N5O5S/c1-10-7-8-11(27-10)9-18-15-16(21-28(25,26)20-15)19-13-6-4-5-12(14(13)23)17(24)22(2)3/h4-7,11,23H,8-9H2,1-3H3,(H,18,20)(H,19,21). The van der Waals surface area contributed by atoms with Gasteiger partial charge in [-0.3, -0.25) is 4.79 Å². The Morgan fingerprint density at radius 2 is 2.04 bits per heavy atom. The van der Waals surface area contributed by atoms with Crippen LogP contribution in [0.4, 0.5) is 5.69 Å². The van der Waals surface area contributed by atoms with Crippen molar-refractivity contribution in [1.82, 2.24) is 10.2 Å². The van der Waals surface area contributed by atoms with Crippen LogP contribution in [0.15, 0.2) is 38.8 Å². The van der Waals surface area contributed by atoms with Gasteiger partial charge < -0.3 is 25.4 Å². The van der Waals surface area contributed by atoms with Gasteiger partial charge in [0.15, 0.2) is 17.4 Å².